The zero-order valence-electron chi connectivity index (χ0n) is 16.0. The molecule has 0 amide bonds. The second kappa shape index (κ2) is 8.81. The van der Waals surface area contributed by atoms with Crippen molar-refractivity contribution in [3.63, 3.8) is 0 Å². The van der Waals surface area contributed by atoms with Gasteiger partial charge in [-0.25, -0.2) is 0 Å². The van der Waals surface area contributed by atoms with Gasteiger partial charge < -0.3 is 24.8 Å². The van der Waals surface area contributed by atoms with Gasteiger partial charge in [0.25, 0.3) is 0 Å². The minimum absolute atomic E-state index is 0.191. The Kier molecular flexibility index (Phi) is 6.74. The summed E-state index contributed by atoms with van der Waals surface area (Å²) < 4.78 is 16.5. The highest BCUT2D eigenvalue weighted by Crippen LogP contribution is 2.41. The highest BCUT2D eigenvalue weighted by Gasteiger charge is 2.17. The Morgan fingerprint density at radius 2 is 1.70 bits per heavy atom. The van der Waals surface area contributed by atoms with Gasteiger partial charge in [0.15, 0.2) is 17.3 Å². The van der Waals surface area contributed by atoms with Crippen LogP contribution in [0.2, 0.25) is 0 Å². The van der Waals surface area contributed by atoms with Crippen LogP contribution in [0.1, 0.15) is 15.9 Å². The van der Waals surface area contributed by atoms with Crippen LogP contribution in [0.15, 0.2) is 34.8 Å². The minimum Gasteiger partial charge on any atom is -0.493 e. The van der Waals surface area contributed by atoms with Crippen LogP contribution in [-0.4, -0.2) is 41.2 Å². The first-order valence-electron chi connectivity index (χ1n) is 8.11. The van der Waals surface area contributed by atoms with Gasteiger partial charge in [0, 0.05) is 25.2 Å². The van der Waals surface area contributed by atoms with Crippen LogP contribution >= 0.6 is 15.9 Å². The SMILES string of the molecule is COc1ccc(C=C(Br)C(=O)c2ccc(N(C)C)c(N)c2)c(OC)c1OC. The fourth-order valence-electron chi connectivity index (χ4n) is 2.68. The predicted octanol–water partition coefficient (Wildman–Crippen LogP) is 3.98. The van der Waals surface area contributed by atoms with Crippen LogP contribution in [0.5, 0.6) is 17.2 Å². The second-order valence-electron chi connectivity index (χ2n) is 5.91. The largest absolute Gasteiger partial charge is 0.493 e. The molecule has 0 spiro atoms. The summed E-state index contributed by atoms with van der Waals surface area (Å²) in [6, 6.07) is 8.77. The number of nitrogen functional groups attached to an aromatic ring is 1. The highest BCUT2D eigenvalue weighted by atomic mass is 79.9. The predicted molar refractivity (Wildman–Crippen MR) is 113 cm³/mol. The number of carbonyl (C=O) groups excluding carboxylic acids is 1. The van der Waals surface area contributed by atoms with E-state index in [4.69, 9.17) is 19.9 Å². The number of nitrogens with zero attached hydrogens (tertiary/aromatic N) is 1. The summed E-state index contributed by atoms with van der Waals surface area (Å²) in [5.74, 6) is 1.29. The van der Waals surface area contributed by atoms with Crippen molar-refractivity contribution in [3.8, 4) is 17.2 Å². The maximum absolute atomic E-state index is 12.8. The minimum atomic E-state index is -0.191. The number of anilines is 2. The molecule has 0 heterocycles. The van der Waals surface area contributed by atoms with Gasteiger partial charge in [-0.3, -0.25) is 4.79 Å². The van der Waals surface area contributed by atoms with E-state index in [0.29, 0.717) is 38.5 Å². The quantitative estimate of drug-likeness (QED) is 0.403. The monoisotopic (exact) mass is 434 g/mol. The molecule has 7 heteroatoms. The van der Waals surface area contributed by atoms with E-state index in [2.05, 4.69) is 15.9 Å². The topological polar surface area (TPSA) is 74.0 Å². The zero-order valence-corrected chi connectivity index (χ0v) is 17.6. The number of halogens is 1. The molecule has 6 nitrogen and oxygen atoms in total. The molecule has 2 aromatic carbocycles. The van der Waals surface area contributed by atoms with E-state index in [9.17, 15) is 4.79 Å². The van der Waals surface area contributed by atoms with Crippen LogP contribution < -0.4 is 24.8 Å². The summed E-state index contributed by atoms with van der Waals surface area (Å²) in [6.07, 6.45) is 1.68. The van der Waals surface area contributed by atoms with E-state index in [1.54, 1.807) is 37.5 Å². The molecule has 0 fully saturated rings. The molecule has 0 saturated carbocycles. The van der Waals surface area contributed by atoms with Crippen LogP contribution in [0.25, 0.3) is 6.08 Å². The van der Waals surface area contributed by atoms with E-state index in [1.165, 1.54) is 14.2 Å². The Labute approximate surface area is 167 Å². The van der Waals surface area contributed by atoms with Crippen molar-refractivity contribution in [1.29, 1.82) is 0 Å². The number of ketones is 1. The van der Waals surface area contributed by atoms with Crippen molar-refractivity contribution in [2.24, 2.45) is 0 Å². The number of ether oxygens (including phenoxy) is 3. The second-order valence-corrected chi connectivity index (χ2v) is 6.77. The van der Waals surface area contributed by atoms with Gasteiger partial charge >= 0.3 is 0 Å². The number of allylic oxidation sites excluding steroid dienone is 1. The van der Waals surface area contributed by atoms with E-state index in [-0.39, 0.29) is 5.78 Å². The van der Waals surface area contributed by atoms with E-state index >= 15 is 0 Å². The molecular formula is C20H23BrN2O4. The van der Waals surface area contributed by atoms with Gasteiger partial charge in [-0.15, -0.1) is 0 Å². The fraction of sp³-hybridized carbons (Fsp3) is 0.250. The Bertz CT molecular complexity index is 879. The summed E-state index contributed by atoms with van der Waals surface area (Å²) in [5, 5.41) is 0. The van der Waals surface area contributed by atoms with E-state index in [1.807, 2.05) is 25.1 Å². The molecule has 0 aliphatic carbocycles. The molecule has 0 bridgehead atoms. The first-order valence-corrected chi connectivity index (χ1v) is 8.91. The lowest BCUT2D eigenvalue weighted by Gasteiger charge is -2.16. The van der Waals surface area contributed by atoms with Crippen molar-refractivity contribution in [3.05, 3.63) is 45.9 Å². The standard InChI is InChI=1S/C20H23BrN2O4/c1-23(2)16-8-6-12(11-15(16)22)18(24)14(21)10-13-7-9-17(25-3)20(27-5)19(13)26-4/h6-11H,22H2,1-5H3. The number of nitrogens with two attached hydrogens (primary N) is 1. The molecule has 2 N–H and O–H groups in total. The van der Waals surface area contributed by atoms with Crippen molar-refractivity contribution in [2.45, 2.75) is 0 Å². The molecule has 144 valence electrons. The summed E-state index contributed by atoms with van der Waals surface area (Å²) >= 11 is 3.37. The van der Waals surface area contributed by atoms with Crippen molar-refractivity contribution in [1.82, 2.24) is 0 Å². The van der Waals surface area contributed by atoms with Crippen molar-refractivity contribution >= 4 is 39.2 Å². The molecule has 27 heavy (non-hydrogen) atoms. The molecule has 0 aliphatic rings. The Hall–Kier alpha value is -2.67. The third-order valence-electron chi connectivity index (χ3n) is 4.01. The van der Waals surface area contributed by atoms with E-state index < -0.39 is 0 Å². The lowest BCUT2D eigenvalue weighted by Crippen LogP contribution is -2.12. The van der Waals surface area contributed by atoms with Crippen molar-refractivity contribution < 1.29 is 19.0 Å². The lowest BCUT2D eigenvalue weighted by molar-refractivity contribution is 0.104. The Morgan fingerprint density at radius 1 is 1.04 bits per heavy atom. The number of Topliss-reactive ketones (excluding diaryl/α,β-unsaturated/α-hetero) is 1. The van der Waals surface area contributed by atoms with Gasteiger partial charge in [0.1, 0.15) is 0 Å². The average Bonchev–Trinajstić information content (AvgIpc) is 2.66. The van der Waals surface area contributed by atoms with Gasteiger partial charge in [-0.05, 0) is 52.3 Å². The molecule has 0 unspecified atom stereocenters. The number of hydrogen-bond acceptors (Lipinski definition) is 6. The van der Waals surface area contributed by atoms with Crippen LogP contribution in [0.3, 0.4) is 0 Å². The molecule has 0 atom stereocenters. The number of carbonyl (C=O) groups is 1. The highest BCUT2D eigenvalue weighted by molar-refractivity contribution is 9.12. The van der Waals surface area contributed by atoms with Gasteiger partial charge in [-0.2, -0.15) is 0 Å². The fourth-order valence-corrected chi connectivity index (χ4v) is 3.16. The lowest BCUT2D eigenvalue weighted by atomic mass is 10.1. The molecular weight excluding hydrogens is 412 g/mol. The van der Waals surface area contributed by atoms with Crippen molar-refractivity contribution in [2.75, 3.05) is 46.1 Å². The molecule has 0 aromatic heterocycles. The molecule has 0 radical (unpaired) electrons. The summed E-state index contributed by atoms with van der Waals surface area (Å²) in [4.78, 5) is 14.7. The summed E-state index contributed by atoms with van der Waals surface area (Å²) in [7, 11) is 8.40. The first kappa shape index (κ1) is 20.6. The van der Waals surface area contributed by atoms with Crippen LogP contribution in [0.4, 0.5) is 11.4 Å². The van der Waals surface area contributed by atoms with Crippen LogP contribution in [0, 0.1) is 0 Å². The molecule has 0 saturated heterocycles. The number of methoxy groups -OCH3 is 3. The van der Waals surface area contributed by atoms with Gasteiger partial charge in [-0.1, -0.05) is 0 Å². The third-order valence-corrected chi connectivity index (χ3v) is 4.59. The normalized spacial score (nSPS) is 11.1. The molecule has 2 rings (SSSR count). The Balaban J connectivity index is 2.42. The zero-order chi connectivity index (χ0) is 20.1. The van der Waals surface area contributed by atoms with Gasteiger partial charge in [0.2, 0.25) is 5.75 Å². The maximum atomic E-state index is 12.8. The van der Waals surface area contributed by atoms with E-state index in [0.717, 1.165) is 5.69 Å². The first-order chi connectivity index (χ1) is 12.8. The Morgan fingerprint density at radius 3 is 2.22 bits per heavy atom. The molecule has 0 aliphatic heterocycles. The summed E-state index contributed by atoms with van der Waals surface area (Å²) in [5.41, 5.74) is 8.60. The number of rotatable bonds is 7. The van der Waals surface area contributed by atoms with Gasteiger partial charge in [0.05, 0.1) is 37.2 Å². The average molecular weight is 435 g/mol. The smallest absolute Gasteiger partial charge is 0.203 e. The summed E-state index contributed by atoms with van der Waals surface area (Å²) in [6.45, 7) is 0. The molecule has 2 aromatic rings. The maximum Gasteiger partial charge on any atom is 0.203 e. The number of benzene rings is 2. The number of hydrogen-bond donors (Lipinski definition) is 1. The van der Waals surface area contributed by atoms with Crippen LogP contribution in [-0.2, 0) is 0 Å². The third kappa shape index (κ3) is 4.36.